The van der Waals surface area contributed by atoms with Gasteiger partial charge in [0.15, 0.2) is 5.65 Å². The number of hydrogen-bond acceptors (Lipinski definition) is 4. The number of hydrogen-bond donors (Lipinski definition) is 1. The molecule has 1 saturated carbocycles. The molecule has 0 aliphatic heterocycles. The van der Waals surface area contributed by atoms with Gasteiger partial charge in [0, 0.05) is 6.04 Å². The van der Waals surface area contributed by atoms with E-state index < -0.39 is 0 Å². The fourth-order valence-corrected chi connectivity index (χ4v) is 3.77. The molecule has 2 aromatic heterocycles. The van der Waals surface area contributed by atoms with Crippen LogP contribution in [0.3, 0.4) is 0 Å². The zero-order valence-electron chi connectivity index (χ0n) is 15.6. The van der Waals surface area contributed by atoms with Crippen LogP contribution >= 0.6 is 0 Å². The van der Waals surface area contributed by atoms with Gasteiger partial charge in [0.25, 0.3) is 5.56 Å². The maximum Gasteiger partial charge on any atom is 0.264 e. The van der Waals surface area contributed by atoms with Gasteiger partial charge in [-0.1, -0.05) is 19.8 Å². The minimum absolute atomic E-state index is 0.0767. The number of nitrogens with one attached hydrogen (secondary N) is 1. The molecule has 1 aliphatic rings. The smallest absolute Gasteiger partial charge is 0.264 e. The van der Waals surface area contributed by atoms with Crippen LogP contribution in [-0.4, -0.2) is 31.3 Å². The van der Waals surface area contributed by atoms with Crippen LogP contribution in [0.4, 0.5) is 4.39 Å². The Morgan fingerprint density at radius 3 is 2.75 bits per heavy atom. The quantitative estimate of drug-likeness (QED) is 0.750. The second-order valence-corrected chi connectivity index (χ2v) is 7.38. The van der Waals surface area contributed by atoms with E-state index in [1.807, 2.05) is 0 Å². The minimum atomic E-state index is -0.353. The van der Waals surface area contributed by atoms with Crippen molar-refractivity contribution >= 4 is 16.9 Å². The second-order valence-electron chi connectivity index (χ2n) is 7.38. The number of amides is 1. The molecule has 0 bridgehead atoms. The third-order valence-corrected chi connectivity index (χ3v) is 5.40. The Morgan fingerprint density at radius 2 is 2.00 bits per heavy atom. The van der Waals surface area contributed by atoms with E-state index in [1.54, 1.807) is 12.1 Å². The monoisotopic (exact) mass is 383 g/mol. The van der Waals surface area contributed by atoms with Crippen LogP contribution in [0, 0.1) is 11.7 Å². The van der Waals surface area contributed by atoms with E-state index in [2.05, 4.69) is 22.3 Å². The Bertz CT molecular complexity index is 1060. The predicted molar refractivity (Wildman–Crippen MR) is 103 cm³/mol. The average Bonchev–Trinajstić information content (AvgIpc) is 3.11. The van der Waals surface area contributed by atoms with Gasteiger partial charge in [0.2, 0.25) is 5.91 Å². The summed E-state index contributed by atoms with van der Waals surface area (Å²) in [6.45, 7) is 2.07. The molecule has 0 spiro atoms. The van der Waals surface area contributed by atoms with Crippen molar-refractivity contribution in [3.8, 4) is 5.69 Å². The van der Waals surface area contributed by atoms with Crippen molar-refractivity contribution in [1.82, 2.24) is 24.6 Å². The average molecular weight is 383 g/mol. The summed E-state index contributed by atoms with van der Waals surface area (Å²) in [7, 11) is 0. The van der Waals surface area contributed by atoms with E-state index in [1.165, 1.54) is 40.3 Å². The Hall–Kier alpha value is -3.03. The Balaban J connectivity index is 1.56. The molecule has 1 aromatic carbocycles. The van der Waals surface area contributed by atoms with E-state index in [9.17, 15) is 14.0 Å². The van der Waals surface area contributed by atoms with Gasteiger partial charge in [-0.25, -0.2) is 14.1 Å². The van der Waals surface area contributed by atoms with Crippen molar-refractivity contribution in [2.45, 2.75) is 45.2 Å². The summed E-state index contributed by atoms with van der Waals surface area (Å²) in [5.41, 5.74) is 0.643. The maximum atomic E-state index is 13.1. The normalized spacial score (nSPS) is 19.6. The highest BCUT2D eigenvalue weighted by atomic mass is 19.1. The molecule has 1 aliphatic carbocycles. The van der Waals surface area contributed by atoms with Gasteiger partial charge in [-0.3, -0.25) is 14.2 Å². The van der Waals surface area contributed by atoms with E-state index in [4.69, 9.17) is 0 Å². The Morgan fingerprint density at radius 1 is 1.25 bits per heavy atom. The molecule has 28 heavy (non-hydrogen) atoms. The number of carbonyl (C=O) groups excluding carboxylic acids is 1. The molecule has 7 nitrogen and oxygen atoms in total. The molecule has 146 valence electrons. The molecule has 0 unspecified atom stereocenters. The van der Waals surface area contributed by atoms with Crippen LogP contribution in [0.25, 0.3) is 16.7 Å². The summed E-state index contributed by atoms with van der Waals surface area (Å²) >= 11 is 0. The lowest BCUT2D eigenvalue weighted by atomic mass is 9.86. The van der Waals surface area contributed by atoms with Crippen molar-refractivity contribution in [3.05, 3.63) is 53.0 Å². The molecule has 2 heterocycles. The fourth-order valence-electron chi connectivity index (χ4n) is 3.77. The van der Waals surface area contributed by atoms with Crippen molar-refractivity contribution in [1.29, 1.82) is 0 Å². The summed E-state index contributed by atoms with van der Waals surface area (Å²) in [5, 5.41) is 7.55. The van der Waals surface area contributed by atoms with E-state index in [0.29, 0.717) is 22.6 Å². The minimum Gasteiger partial charge on any atom is -0.352 e. The van der Waals surface area contributed by atoms with Gasteiger partial charge in [-0.15, -0.1) is 0 Å². The predicted octanol–water partition coefficient (Wildman–Crippen LogP) is 2.42. The summed E-state index contributed by atoms with van der Waals surface area (Å²) in [6, 6.07) is 5.93. The highest BCUT2D eigenvalue weighted by molar-refractivity contribution is 5.78. The van der Waals surface area contributed by atoms with E-state index in [0.717, 1.165) is 19.3 Å². The number of carbonyl (C=O) groups is 1. The summed E-state index contributed by atoms with van der Waals surface area (Å²) < 4.78 is 15.9. The highest BCUT2D eigenvalue weighted by Gasteiger charge is 2.23. The molecule has 3 aromatic rings. The molecule has 2 atom stereocenters. The molecule has 4 rings (SSSR count). The zero-order valence-corrected chi connectivity index (χ0v) is 15.6. The topological polar surface area (TPSA) is 81.8 Å². The van der Waals surface area contributed by atoms with Crippen LogP contribution in [0.15, 0.2) is 41.6 Å². The van der Waals surface area contributed by atoms with Crippen LogP contribution in [0.1, 0.15) is 32.6 Å². The SMILES string of the molecule is C[C@@H]1CCCC[C@H]1NC(=O)Cn1cnc2c(cnn2-c2ccc(F)cc2)c1=O. The summed E-state index contributed by atoms with van der Waals surface area (Å²) in [6.07, 6.45) is 7.18. The van der Waals surface area contributed by atoms with Crippen molar-refractivity contribution in [2.24, 2.45) is 5.92 Å². The molecule has 8 heteroatoms. The molecular formula is C20H22FN5O2. The third kappa shape index (κ3) is 3.54. The number of fused-ring (bicyclic) bond motifs is 1. The molecule has 0 saturated heterocycles. The molecule has 0 radical (unpaired) electrons. The Labute approximate surface area is 161 Å². The first kappa shape index (κ1) is 18.3. The van der Waals surface area contributed by atoms with Gasteiger partial charge >= 0.3 is 0 Å². The molecule has 1 N–H and O–H groups in total. The lowest BCUT2D eigenvalue weighted by Gasteiger charge is -2.29. The van der Waals surface area contributed by atoms with E-state index in [-0.39, 0.29) is 29.9 Å². The third-order valence-electron chi connectivity index (χ3n) is 5.40. The Kier molecular flexibility index (Phi) is 4.93. The zero-order chi connectivity index (χ0) is 19.7. The number of aromatic nitrogens is 4. The number of rotatable bonds is 4. The second kappa shape index (κ2) is 7.53. The van der Waals surface area contributed by atoms with Gasteiger partial charge in [-0.2, -0.15) is 5.10 Å². The van der Waals surface area contributed by atoms with Crippen molar-refractivity contribution in [2.75, 3.05) is 0 Å². The molecule has 1 fully saturated rings. The van der Waals surface area contributed by atoms with Crippen LogP contribution in [-0.2, 0) is 11.3 Å². The van der Waals surface area contributed by atoms with Gasteiger partial charge in [0.05, 0.1) is 11.9 Å². The standard InChI is InChI=1S/C20H22FN5O2/c1-13-4-2-3-5-17(13)24-18(27)11-25-12-22-19-16(20(25)28)10-23-26(19)15-8-6-14(21)7-9-15/h6-10,12-13,17H,2-5,11H2,1H3,(H,24,27)/t13-,17-/m1/s1. The number of benzene rings is 1. The van der Waals surface area contributed by atoms with Gasteiger partial charge in [-0.05, 0) is 43.0 Å². The molecular weight excluding hydrogens is 361 g/mol. The number of nitrogens with zero attached hydrogens (tertiary/aromatic N) is 4. The van der Waals surface area contributed by atoms with Crippen molar-refractivity contribution in [3.63, 3.8) is 0 Å². The fraction of sp³-hybridized carbons (Fsp3) is 0.400. The largest absolute Gasteiger partial charge is 0.352 e. The van der Waals surface area contributed by atoms with Crippen LogP contribution in [0.5, 0.6) is 0 Å². The van der Waals surface area contributed by atoms with E-state index >= 15 is 0 Å². The highest BCUT2D eigenvalue weighted by Crippen LogP contribution is 2.23. The van der Waals surface area contributed by atoms with Gasteiger partial charge in [0.1, 0.15) is 24.1 Å². The number of halogens is 1. The maximum absolute atomic E-state index is 13.1. The first-order chi connectivity index (χ1) is 13.5. The van der Waals surface area contributed by atoms with Gasteiger partial charge < -0.3 is 5.32 Å². The first-order valence-corrected chi connectivity index (χ1v) is 9.51. The lowest BCUT2D eigenvalue weighted by molar-refractivity contribution is -0.123. The first-order valence-electron chi connectivity index (χ1n) is 9.51. The van der Waals surface area contributed by atoms with Crippen molar-refractivity contribution < 1.29 is 9.18 Å². The summed E-state index contributed by atoms with van der Waals surface area (Å²) in [4.78, 5) is 29.5. The van der Waals surface area contributed by atoms with Crippen LogP contribution < -0.4 is 10.9 Å². The summed E-state index contributed by atoms with van der Waals surface area (Å²) in [5.74, 6) is -0.0919. The molecule has 1 amide bonds. The van der Waals surface area contributed by atoms with Crippen LogP contribution in [0.2, 0.25) is 0 Å². The lowest BCUT2D eigenvalue weighted by Crippen LogP contribution is -2.43.